The Kier molecular flexibility index (Phi) is 5.55. The summed E-state index contributed by atoms with van der Waals surface area (Å²) in [6.07, 6.45) is 9.84. The summed E-state index contributed by atoms with van der Waals surface area (Å²) >= 11 is 0. The molecule has 0 radical (unpaired) electrons. The zero-order valence-corrected chi connectivity index (χ0v) is 18.8. The summed E-state index contributed by atoms with van der Waals surface area (Å²) < 4.78 is 1.95. The molecule has 168 valence electrons. The van der Waals surface area contributed by atoms with Crippen LogP contribution < -0.4 is 5.32 Å². The van der Waals surface area contributed by atoms with Crippen LogP contribution in [0.5, 0.6) is 0 Å². The van der Waals surface area contributed by atoms with Gasteiger partial charge >= 0.3 is 0 Å². The summed E-state index contributed by atoms with van der Waals surface area (Å²) in [6.45, 7) is 4.05. The van der Waals surface area contributed by atoms with Crippen LogP contribution in [0.15, 0.2) is 73.7 Å². The maximum Gasteiger partial charge on any atom is 0.228 e. The molecule has 0 bridgehead atoms. The molecule has 0 aliphatic heterocycles. The number of anilines is 1. The first-order valence-electron chi connectivity index (χ1n) is 10.9. The van der Waals surface area contributed by atoms with Crippen LogP contribution in [0.2, 0.25) is 0 Å². The van der Waals surface area contributed by atoms with Gasteiger partial charge in [-0.2, -0.15) is 0 Å². The number of rotatable bonds is 6. The molecule has 0 spiro atoms. The Morgan fingerprint density at radius 2 is 1.91 bits per heavy atom. The molecular formula is C26H22N6O2. The number of hydrogen-bond donors (Lipinski definition) is 1. The molecule has 5 aromatic rings. The SMILES string of the molecule is CC(C)n1cc(C(=O)c2cncc(NC(=O)Cc3ccc4cccnc4c3)c2)c2cncnc21. The fourth-order valence-corrected chi connectivity index (χ4v) is 3.96. The van der Waals surface area contributed by atoms with E-state index >= 15 is 0 Å². The molecule has 34 heavy (non-hydrogen) atoms. The van der Waals surface area contributed by atoms with Gasteiger partial charge in [-0.1, -0.05) is 18.2 Å². The molecule has 1 aromatic carbocycles. The van der Waals surface area contributed by atoms with Crippen molar-refractivity contribution in [2.24, 2.45) is 0 Å². The van der Waals surface area contributed by atoms with Gasteiger partial charge in [0.25, 0.3) is 0 Å². The van der Waals surface area contributed by atoms with Crippen LogP contribution in [0.4, 0.5) is 5.69 Å². The fraction of sp³-hybridized carbons (Fsp3) is 0.154. The number of benzene rings is 1. The number of pyridine rings is 2. The molecule has 5 rings (SSSR count). The smallest absolute Gasteiger partial charge is 0.228 e. The Bertz CT molecular complexity index is 1540. The molecule has 1 amide bonds. The predicted octanol–water partition coefficient (Wildman–Crippen LogP) is 4.37. The molecule has 0 fully saturated rings. The molecule has 8 nitrogen and oxygen atoms in total. The second-order valence-corrected chi connectivity index (χ2v) is 8.35. The highest BCUT2D eigenvalue weighted by Gasteiger charge is 2.19. The van der Waals surface area contributed by atoms with E-state index in [4.69, 9.17) is 0 Å². The van der Waals surface area contributed by atoms with Crippen molar-refractivity contribution >= 4 is 39.3 Å². The number of nitrogens with one attached hydrogen (secondary N) is 1. The van der Waals surface area contributed by atoms with Gasteiger partial charge in [0, 0.05) is 47.2 Å². The van der Waals surface area contributed by atoms with Gasteiger partial charge < -0.3 is 9.88 Å². The van der Waals surface area contributed by atoms with Crippen molar-refractivity contribution < 1.29 is 9.59 Å². The lowest BCUT2D eigenvalue weighted by Crippen LogP contribution is -2.15. The number of amides is 1. The minimum Gasteiger partial charge on any atom is -0.329 e. The van der Waals surface area contributed by atoms with E-state index in [9.17, 15) is 9.59 Å². The van der Waals surface area contributed by atoms with Crippen LogP contribution in [-0.4, -0.2) is 36.2 Å². The summed E-state index contributed by atoms with van der Waals surface area (Å²) in [6, 6.07) is 11.4. The lowest BCUT2D eigenvalue weighted by Gasteiger charge is -2.08. The summed E-state index contributed by atoms with van der Waals surface area (Å²) in [4.78, 5) is 42.9. The molecule has 0 saturated heterocycles. The highest BCUT2D eigenvalue weighted by Crippen LogP contribution is 2.25. The number of ketones is 1. The average molecular weight is 451 g/mol. The topological polar surface area (TPSA) is 103 Å². The van der Waals surface area contributed by atoms with Gasteiger partial charge in [0.2, 0.25) is 5.91 Å². The number of hydrogen-bond acceptors (Lipinski definition) is 6. The van der Waals surface area contributed by atoms with Crippen molar-refractivity contribution in [2.75, 3.05) is 5.32 Å². The van der Waals surface area contributed by atoms with E-state index in [1.54, 1.807) is 24.7 Å². The molecule has 4 heterocycles. The molecule has 1 N–H and O–H groups in total. The second-order valence-electron chi connectivity index (χ2n) is 8.35. The van der Waals surface area contributed by atoms with E-state index in [-0.39, 0.29) is 24.2 Å². The Hall–Kier alpha value is -4.46. The third-order valence-electron chi connectivity index (χ3n) is 5.61. The molecule has 0 aliphatic carbocycles. The van der Waals surface area contributed by atoms with Crippen LogP contribution in [0.25, 0.3) is 21.9 Å². The quantitative estimate of drug-likeness (QED) is 0.386. The predicted molar refractivity (Wildman–Crippen MR) is 130 cm³/mol. The average Bonchev–Trinajstić information content (AvgIpc) is 3.24. The summed E-state index contributed by atoms with van der Waals surface area (Å²) in [7, 11) is 0. The zero-order valence-electron chi connectivity index (χ0n) is 18.8. The van der Waals surface area contributed by atoms with Crippen molar-refractivity contribution in [3.8, 4) is 0 Å². The highest BCUT2D eigenvalue weighted by molar-refractivity contribution is 6.16. The van der Waals surface area contributed by atoms with Gasteiger partial charge in [0.15, 0.2) is 5.78 Å². The van der Waals surface area contributed by atoms with Gasteiger partial charge in [0.05, 0.1) is 29.4 Å². The van der Waals surface area contributed by atoms with E-state index in [1.807, 2.05) is 48.7 Å². The Balaban J connectivity index is 1.37. The first-order chi connectivity index (χ1) is 16.5. The lowest BCUT2D eigenvalue weighted by molar-refractivity contribution is -0.115. The molecule has 0 saturated carbocycles. The van der Waals surface area contributed by atoms with E-state index in [1.165, 1.54) is 18.7 Å². The van der Waals surface area contributed by atoms with Gasteiger partial charge in [-0.3, -0.25) is 19.6 Å². The zero-order chi connectivity index (χ0) is 23.7. The van der Waals surface area contributed by atoms with Gasteiger partial charge in [-0.15, -0.1) is 0 Å². The van der Waals surface area contributed by atoms with Crippen LogP contribution in [0, 0.1) is 0 Å². The van der Waals surface area contributed by atoms with Crippen molar-refractivity contribution in [3.63, 3.8) is 0 Å². The summed E-state index contributed by atoms with van der Waals surface area (Å²) in [5.74, 6) is -0.408. The molecule has 4 aromatic heterocycles. The van der Waals surface area contributed by atoms with Gasteiger partial charge in [0.1, 0.15) is 12.0 Å². The van der Waals surface area contributed by atoms with Crippen LogP contribution in [0.1, 0.15) is 41.4 Å². The molecule has 0 atom stereocenters. The molecule has 8 heteroatoms. The largest absolute Gasteiger partial charge is 0.329 e. The molecule has 0 unspecified atom stereocenters. The van der Waals surface area contributed by atoms with Crippen molar-refractivity contribution in [2.45, 2.75) is 26.3 Å². The Labute approximate surface area is 195 Å². The monoisotopic (exact) mass is 450 g/mol. The third-order valence-corrected chi connectivity index (χ3v) is 5.61. The van der Waals surface area contributed by atoms with E-state index < -0.39 is 0 Å². The fourth-order valence-electron chi connectivity index (χ4n) is 3.96. The standard InChI is InChI=1S/C26H22N6O2/c1-16(2)32-14-22(21-13-28-15-30-26(21)32)25(34)19-10-20(12-27-11-19)31-24(33)9-17-5-6-18-4-3-7-29-23(18)8-17/h3-8,10-16H,9H2,1-2H3,(H,31,33). The maximum absolute atomic E-state index is 13.3. The number of nitrogens with zero attached hydrogens (tertiary/aromatic N) is 5. The number of aromatic nitrogens is 5. The molecular weight excluding hydrogens is 428 g/mol. The number of carbonyl (C=O) groups is 2. The first-order valence-corrected chi connectivity index (χ1v) is 10.9. The first kappa shape index (κ1) is 21.4. The molecule has 0 aliphatic rings. The maximum atomic E-state index is 13.3. The second kappa shape index (κ2) is 8.82. The highest BCUT2D eigenvalue weighted by atomic mass is 16.1. The Morgan fingerprint density at radius 3 is 2.76 bits per heavy atom. The third kappa shape index (κ3) is 4.13. The number of carbonyl (C=O) groups excluding carboxylic acids is 2. The summed E-state index contributed by atoms with van der Waals surface area (Å²) in [5, 5.41) is 4.54. The van der Waals surface area contributed by atoms with E-state index in [2.05, 4.69) is 25.3 Å². The van der Waals surface area contributed by atoms with Crippen LogP contribution >= 0.6 is 0 Å². The minimum atomic E-state index is -0.205. The van der Waals surface area contributed by atoms with E-state index in [0.29, 0.717) is 27.8 Å². The summed E-state index contributed by atoms with van der Waals surface area (Å²) in [5.41, 5.74) is 3.73. The Morgan fingerprint density at radius 1 is 1.03 bits per heavy atom. The van der Waals surface area contributed by atoms with Crippen LogP contribution in [0.3, 0.4) is 0 Å². The van der Waals surface area contributed by atoms with Crippen LogP contribution in [-0.2, 0) is 11.2 Å². The lowest BCUT2D eigenvalue weighted by atomic mass is 10.1. The van der Waals surface area contributed by atoms with Gasteiger partial charge in [-0.25, -0.2) is 9.97 Å². The minimum absolute atomic E-state index is 0.132. The van der Waals surface area contributed by atoms with E-state index in [0.717, 1.165) is 16.5 Å². The normalized spacial score (nSPS) is 11.3. The van der Waals surface area contributed by atoms with Crippen molar-refractivity contribution in [3.05, 3.63) is 90.4 Å². The van der Waals surface area contributed by atoms with Gasteiger partial charge in [-0.05, 0) is 37.6 Å². The number of fused-ring (bicyclic) bond motifs is 2. The van der Waals surface area contributed by atoms with Crippen molar-refractivity contribution in [1.82, 2.24) is 24.5 Å². The van der Waals surface area contributed by atoms with Crippen molar-refractivity contribution in [1.29, 1.82) is 0 Å².